The standard InChI is InChI=1S/C21H31N3O3S/c1-21(2,3)20-19(15-24(23-20)17-9-5-6-10-17)28(25,26)22-13-12-16-8-7-11-18(14-16)27-4/h7-8,11,14-15,17,22H,5-6,9-10,12-13H2,1-4H3. The molecule has 1 heterocycles. The minimum atomic E-state index is -3.63. The van der Waals surface area contributed by atoms with E-state index in [1.54, 1.807) is 13.3 Å². The molecular formula is C21H31N3O3S. The van der Waals surface area contributed by atoms with Gasteiger partial charge in [-0.15, -0.1) is 0 Å². The summed E-state index contributed by atoms with van der Waals surface area (Å²) in [6, 6.07) is 7.98. The van der Waals surface area contributed by atoms with Crippen LogP contribution in [0.2, 0.25) is 0 Å². The number of nitrogens with zero attached hydrogens (tertiary/aromatic N) is 2. The van der Waals surface area contributed by atoms with Crippen LogP contribution in [0.25, 0.3) is 0 Å². The molecule has 1 fully saturated rings. The molecule has 0 unspecified atom stereocenters. The van der Waals surface area contributed by atoms with Gasteiger partial charge in [0, 0.05) is 18.2 Å². The zero-order valence-corrected chi connectivity index (χ0v) is 18.1. The summed E-state index contributed by atoms with van der Waals surface area (Å²) in [7, 11) is -2.01. The van der Waals surface area contributed by atoms with Crippen molar-refractivity contribution >= 4 is 10.0 Å². The third-order valence-corrected chi connectivity index (χ3v) is 6.70. The lowest BCUT2D eigenvalue weighted by molar-refractivity contribution is 0.414. The molecule has 1 N–H and O–H groups in total. The quantitative estimate of drug-likeness (QED) is 0.760. The molecule has 1 aromatic heterocycles. The van der Waals surface area contributed by atoms with E-state index in [1.807, 2.05) is 49.7 Å². The van der Waals surface area contributed by atoms with E-state index in [1.165, 1.54) is 12.8 Å². The summed E-state index contributed by atoms with van der Waals surface area (Å²) in [5.41, 5.74) is 1.31. The van der Waals surface area contributed by atoms with Gasteiger partial charge < -0.3 is 4.74 Å². The maximum absolute atomic E-state index is 13.1. The summed E-state index contributed by atoms with van der Waals surface area (Å²) >= 11 is 0. The van der Waals surface area contributed by atoms with E-state index in [0.29, 0.717) is 29.6 Å². The average Bonchev–Trinajstić information content (AvgIpc) is 3.31. The van der Waals surface area contributed by atoms with Crippen molar-refractivity contribution in [3.05, 3.63) is 41.7 Å². The Morgan fingerprint density at radius 1 is 1.25 bits per heavy atom. The Balaban J connectivity index is 1.78. The largest absolute Gasteiger partial charge is 0.497 e. The van der Waals surface area contributed by atoms with Crippen molar-refractivity contribution in [1.29, 1.82) is 0 Å². The van der Waals surface area contributed by atoms with E-state index in [9.17, 15) is 8.42 Å². The van der Waals surface area contributed by atoms with Crippen LogP contribution in [0.15, 0.2) is 35.4 Å². The van der Waals surface area contributed by atoms with Crippen LogP contribution in [0, 0.1) is 0 Å². The van der Waals surface area contributed by atoms with Gasteiger partial charge in [-0.05, 0) is 37.0 Å². The van der Waals surface area contributed by atoms with Gasteiger partial charge in [0.2, 0.25) is 10.0 Å². The van der Waals surface area contributed by atoms with Crippen LogP contribution in [0.4, 0.5) is 0 Å². The number of methoxy groups -OCH3 is 1. The number of ether oxygens (including phenoxy) is 1. The summed E-state index contributed by atoms with van der Waals surface area (Å²) < 4.78 is 36.0. The molecule has 0 spiro atoms. The van der Waals surface area contributed by atoms with Crippen molar-refractivity contribution in [2.75, 3.05) is 13.7 Å². The first-order valence-corrected chi connectivity index (χ1v) is 11.4. The minimum absolute atomic E-state index is 0.303. The predicted octanol–water partition coefficient (Wildman–Crippen LogP) is 3.83. The highest BCUT2D eigenvalue weighted by Gasteiger charge is 2.31. The molecule has 0 saturated heterocycles. The highest BCUT2D eigenvalue weighted by atomic mass is 32.2. The van der Waals surface area contributed by atoms with Crippen molar-refractivity contribution in [2.45, 2.75) is 69.2 Å². The van der Waals surface area contributed by atoms with Crippen molar-refractivity contribution in [3.63, 3.8) is 0 Å². The number of aromatic nitrogens is 2. The number of hydrogen-bond donors (Lipinski definition) is 1. The minimum Gasteiger partial charge on any atom is -0.497 e. The molecule has 1 aliphatic rings. The molecule has 154 valence electrons. The molecular weight excluding hydrogens is 374 g/mol. The van der Waals surface area contributed by atoms with Crippen LogP contribution in [0.1, 0.15) is 63.8 Å². The first kappa shape index (κ1) is 20.9. The second-order valence-electron chi connectivity index (χ2n) is 8.51. The highest BCUT2D eigenvalue weighted by Crippen LogP contribution is 2.33. The number of rotatable bonds is 7. The Morgan fingerprint density at radius 3 is 2.61 bits per heavy atom. The van der Waals surface area contributed by atoms with Crippen LogP contribution in [0.3, 0.4) is 0 Å². The smallest absolute Gasteiger partial charge is 0.244 e. The molecule has 0 aliphatic heterocycles. The molecule has 0 amide bonds. The van der Waals surface area contributed by atoms with Gasteiger partial charge in [-0.2, -0.15) is 5.10 Å². The lowest BCUT2D eigenvalue weighted by atomic mass is 9.92. The van der Waals surface area contributed by atoms with E-state index >= 15 is 0 Å². The van der Waals surface area contributed by atoms with Gasteiger partial charge in [-0.3, -0.25) is 4.68 Å². The maximum atomic E-state index is 13.1. The van der Waals surface area contributed by atoms with Crippen LogP contribution in [-0.4, -0.2) is 31.9 Å². The third kappa shape index (κ3) is 4.75. The molecule has 0 atom stereocenters. The number of nitrogens with one attached hydrogen (secondary N) is 1. The third-order valence-electron chi connectivity index (χ3n) is 5.24. The van der Waals surface area contributed by atoms with Gasteiger partial charge in [0.15, 0.2) is 0 Å². The SMILES string of the molecule is COc1cccc(CCNS(=O)(=O)c2cn(C3CCCC3)nc2C(C)(C)C)c1. The molecule has 6 nitrogen and oxygen atoms in total. The van der Waals surface area contributed by atoms with E-state index < -0.39 is 10.0 Å². The van der Waals surface area contributed by atoms with Gasteiger partial charge in [0.05, 0.1) is 18.8 Å². The van der Waals surface area contributed by atoms with E-state index in [2.05, 4.69) is 4.72 Å². The normalized spacial score (nSPS) is 15.9. The van der Waals surface area contributed by atoms with Crippen molar-refractivity contribution in [1.82, 2.24) is 14.5 Å². The fraction of sp³-hybridized carbons (Fsp3) is 0.571. The lowest BCUT2D eigenvalue weighted by Crippen LogP contribution is -2.28. The molecule has 3 rings (SSSR count). The lowest BCUT2D eigenvalue weighted by Gasteiger charge is -2.18. The van der Waals surface area contributed by atoms with Crippen molar-refractivity contribution in [3.8, 4) is 5.75 Å². The summed E-state index contributed by atoms with van der Waals surface area (Å²) in [5.74, 6) is 0.771. The molecule has 1 aromatic carbocycles. The molecule has 28 heavy (non-hydrogen) atoms. The second kappa shape index (κ2) is 8.25. The van der Waals surface area contributed by atoms with Gasteiger partial charge >= 0.3 is 0 Å². The first-order chi connectivity index (χ1) is 13.2. The molecule has 1 aliphatic carbocycles. The Morgan fingerprint density at radius 2 is 1.96 bits per heavy atom. The van der Waals surface area contributed by atoms with Gasteiger partial charge in [0.1, 0.15) is 10.6 Å². The van der Waals surface area contributed by atoms with Crippen LogP contribution in [-0.2, 0) is 21.9 Å². The Bertz CT molecular complexity index is 907. The van der Waals surface area contributed by atoms with Crippen molar-refractivity contribution in [2.24, 2.45) is 0 Å². The fourth-order valence-electron chi connectivity index (χ4n) is 3.68. The second-order valence-corrected chi connectivity index (χ2v) is 10.2. The number of hydrogen-bond acceptors (Lipinski definition) is 4. The summed E-state index contributed by atoms with van der Waals surface area (Å²) in [6.07, 6.45) is 6.80. The Labute approximate surface area is 168 Å². The van der Waals surface area contributed by atoms with Gasteiger partial charge in [0.25, 0.3) is 0 Å². The van der Waals surface area contributed by atoms with Crippen LogP contribution < -0.4 is 9.46 Å². The Kier molecular flexibility index (Phi) is 6.15. The molecule has 1 saturated carbocycles. The molecule has 2 aromatic rings. The van der Waals surface area contributed by atoms with Crippen LogP contribution in [0.5, 0.6) is 5.75 Å². The van der Waals surface area contributed by atoms with Crippen LogP contribution >= 0.6 is 0 Å². The Hall–Kier alpha value is -1.86. The zero-order chi connectivity index (χ0) is 20.4. The van der Waals surface area contributed by atoms with Crippen molar-refractivity contribution < 1.29 is 13.2 Å². The summed E-state index contributed by atoms with van der Waals surface area (Å²) in [5, 5.41) is 4.70. The number of benzene rings is 1. The van der Waals surface area contributed by atoms with E-state index in [4.69, 9.17) is 9.84 Å². The summed E-state index contributed by atoms with van der Waals surface area (Å²) in [4.78, 5) is 0.303. The van der Waals surface area contributed by atoms with E-state index in [-0.39, 0.29) is 5.41 Å². The topological polar surface area (TPSA) is 73.2 Å². The molecule has 0 bridgehead atoms. The monoisotopic (exact) mass is 405 g/mol. The average molecular weight is 406 g/mol. The first-order valence-electron chi connectivity index (χ1n) is 9.93. The van der Waals surface area contributed by atoms with E-state index in [0.717, 1.165) is 24.2 Å². The number of sulfonamides is 1. The van der Waals surface area contributed by atoms with Gasteiger partial charge in [-0.1, -0.05) is 45.7 Å². The molecule has 0 radical (unpaired) electrons. The maximum Gasteiger partial charge on any atom is 0.244 e. The highest BCUT2D eigenvalue weighted by molar-refractivity contribution is 7.89. The predicted molar refractivity (Wildman–Crippen MR) is 110 cm³/mol. The molecule has 7 heteroatoms. The summed E-state index contributed by atoms with van der Waals surface area (Å²) in [6.45, 7) is 6.34. The fourth-order valence-corrected chi connectivity index (χ4v) is 5.06. The van der Waals surface area contributed by atoms with Gasteiger partial charge in [-0.25, -0.2) is 13.1 Å². The zero-order valence-electron chi connectivity index (χ0n) is 17.2.